The molecule has 0 saturated carbocycles. The van der Waals surface area contributed by atoms with Crippen molar-refractivity contribution < 1.29 is 18.0 Å². The van der Waals surface area contributed by atoms with Crippen LogP contribution in [0.4, 0.5) is 13.2 Å². The van der Waals surface area contributed by atoms with Gasteiger partial charge in [-0.05, 0) is 31.5 Å². The summed E-state index contributed by atoms with van der Waals surface area (Å²) in [6.07, 6.45) is -4.39. The maximum atomic E-state index is 12.9. The van der Waals surface area contributed by atoms with Gasteiger partial charge in [-0.1, -0.05) is 43.8 Å². The van der Waals surface area contributed by atoms with E-state index in [1.165, 1.54) is 17.8 Å². The van der Waals surface area contributed by atoms with E-state index >= 15 is 0 Å². The fourth-order valence-electron chi connectivity index (χ4n) is 2.48. The Morgan fingerprint density at radius 3 is 2.26 bits per heavy atom. The lowest BCUT2D eigenvalue weighted by molar-refractivity contribution is -0.137. The van der Waals surface area contributed by atoms with Crippen LogP contribution in [0.3, 0.4) is 0 Å². The molecule has 8 heteroatoms. The van der Waals surface area contributed by atoms with Crippen LogP contribution in [0, 0.1) is 13.8 Å². The number of carbonyl (C=O) groups is 1. The lowest BCUT2D eigenvalue weighted by atomic mass is 9.83. The van der Waals surface area contributed by atoms with E-state index in [2.05, 4.69) is 15.3 Å². The van der Waals surface area contributed by atoms with Crippen LogP contribution in [-0.4, -0.2) is 28.2 Å². The van der Waals surface area contributed by atoms with Crippen molar-refractivity contribution in [2.24, 2.45) is 0 Å². The number of benzene rings is 1. The lowest BCUT2D eigenvalue weighted by Gasteiger charge is -2.26. The highest BCUT2D eigenvalue weighted by atomic mass is 32.2. The van der Waals surface area contributed by atoms with Gasteiger partial charge < -0.3 is 5.32 Å². The highest BCUT2D eigenvalue weighted by molar-refractivity contribution is 7.99. The predicted molar refractivity (Wildman–Crippen MR) is 99.7 cm³/mol. The first-order valence-corrected chi connectivity index (χ1v) is 9.35. The summed E-state index contributed by atoms with van der Waals surface area (Å²) in [5, 5.41) is 3.31. The van der Waals surface area contributed by atoms with Crippen LogP contribution in [0.1, 0.15) is 36.4 Å². The molecule has 1 N–H and O–H groups in total. The van der Waals surface area contributed by atoms with Crippen LogP contribution < -0.4 is 5.32 Å². The predicted octanol–water partition coefficient (Wildman–Crippen LogP) is 4.30. The minimum absolute atomic E-state index is 0.140. The van der Waals surface area contributed by atoms with E-state index in [9.17, 15) is 18.0 Å². The van der Waals surface area contributed by atoms with E-state index in [0.29, 0.717) is 10.7 Å². The molecule has 0 fully saturated rings. The topological polar surface area (TPSA) is 54.9 Å². The van der Waals surface area contributed by atoms with Gasteiger partial charge in [0, 0.05) is 23.3 Å². The molecule has 0 saturated heterocycles. The number of aryl methyl sites for hydroxylation is 2. The summed E-state index contributed by atoms with van der Waals surface area (Å²) in [4.78, 5) is 20.6. The second-order valence-electron chi connectivity index (χ2n) is 6.96. The molecule has 0 bridgehead atoms. The van der Waals surface area contributed by atoms with E-state index in [1.54, 1.807) is 19.9 Å². The normalized spacial score (nSPS) is 12.1. The first-order valence-electron chi connectivity index (χ1n) is 8.37. The molecule has 0 aliphatic heterocycles. The van der Waals surface area contributed by atoms with Gasteiger partial charge >= 0.3 is 6.18 Å². The molecule has 4 nitrogen and oxygen atoms in total. The SMILES string of the molecule is Cc1cc(C)nc(SCC(=O)NCC(C)(C)c2cccc(C(F)(F)F)c2)n1. The smallest absolute Gasteiger partial charge is 0.355 e. The summed E-state index contributed by atoms with van der Waals surface area (Å²) in [6.45, 7) is 7.53. The molecule has 1 aromatic heterocycles. The molecule has 0 unspecified atom stereocenters. The maximum absolute atomic E-state index is 12.9. The molecule has 1 aromatic carbocycles. The molecule has 0 aliphatic rings. The molecule has 0 aliphatic carbocycles. The molecule has 1 amide bonds. The van der Waals surface area contributed by atoms with Gasteiger partial charge in [-0.15, -0.1) is 0 Å². The molecule has 2 aromatic rings. The van der Waals surface area contributed by atoms with Crippen molar-refractivity contribution in [1.82, 2.24) is 15.3 Å². The Morgan fingerprint density at radius 2 is 1.67 bits per heavy atom. The van der Waals surface area contributed by atoms with Gasteiger partial charge in [-0.25, -0.2) is 9.97 Å². The number of aromatic nitrogens is 2. The van der Waals surface area contributed by atoms with Gasteiger partial charge in [-0.2, -0.15) is 13.2 Å². The average Bonchev–Trinajstić information content (AvgIpc) is 2.57. The lowest BCUT2D eigenvalue weighted by Crippen LogP contribution is -2.37. The fourth-order valence-corrected chi connectivity index (χ4v) is 3.26. The number of carbonyl (C=O) groups excluding carboxylic acids is 1. The minimum atomic E-state index is -4.39. The summed E-state index contributed by atoms with van der Waals surface area (Å²) >= 11 is 1.23. The minimum Gasteiger partial charge on any atom is -0.355 e. The standard InChI is InChI=1S/C19H22F3N3OS/c1-12-8-13(2)25-17(24-12)27-10-16(26)23-11-18(3,4)14-6-5-7-15(9-14)19(20,21)22/h5-9H,10-11H2,1-4H3,(H,23,26). The van der Waals surface area contributed by atoms with Crippen molar-refractivity contribution in [2.45, 2.75) is 44.4 Å². The zero-order valence-corrected chi connectivity index (χ0v) is 16.5. The van der Waals surface area contributed by atoms with Gasteiger partial charge in [0.05, 0.1) is 11.3 Å². The van der Waals surface area contributed by atoms with E-state index in [1.807, 2.05) is 19.9 Å². The number of nitrogens with one attached hydrogen (secondary N) is 1. The van der Waals surface area contributed by atoms with Crippen molar-refractivity contribution in [1.29, 1.82) is 0 Å². The molecule has 27 heavy (non-hydrogen) atoms. The third kappa shape index (κ3) is 6.23. The van der Waals surface area contributed by atoms with Crippen LogP contribution in [0.15, 0.2) is 35.5 Å². The Bertz CT molecular complexity index is 802. The van der Waals surface area contributed by atoms with Gasteiger partial charge in [0.2, 0.25) is 5.91 Å². The summed E-state index contributed by atoms with van der Waals surface area (Å²) < 4.78 is 38.7. The Kier molecular flexibility index (Phi) is 6.51. The number of amides is 1. The van der Waals surface area contributed by atoms with Gasteiger partial charge in [0.15, 0.2) is 5.16 Å². The highest BCUT2D eigenvalue weighted by Crippen LogP contribution is 2.32. The molecule has 146 valence electrons. The molecule has 0 spiro atoms. The largest absolute Gasteiger partial charge is 0.416 e. The zero-order chi connectivity index (χ0) is 20.2. The van der Waals surface area contributed by atoms with E-state index in [-0.39, 0.29) is 18.2 Å². The zero-order valence-electron chi connectivity index (χ0n) is 15.6. The Morgan fingerprint density at radius 1 is 1.07 bits per heavy atom. The first-order chi connectivity index (χ1) is 12.5. The number of hydrogen-bond donors (Lipinski definition) is 1. The number of rotatable bonds is 6. The molecule has 2 rings (SSSR count). The number of thioether (sulfide) groups is 1. The van der Waals surface area contributed by atoms with Crippen LogP contribution in [0.5, 0.6) is 0 Å². The first kappa shape index (κ1) is 21.2. The Labute approximate surface area is 161 Å². The van der Waals surface area contributed by atoms with Gasteiger partial charge in [0.25, 0.3) is 0 Å². The summed E-state index contributed by atoms with van der Waals surface area (Å²) in [5.74, 6) is -0.0792. The molecule has 1 heterocycles. The van der Waals surface area contributed by atoms with Crippen molar-refractivity contribution in [2.75, 3.05) is 12.3 Å². The highest BCUT2D eigenvalue weighted by Gasteiger charge is 2.32. The number of halogens is 3. The fraction of sp³-hybridized carbons (Fsp3) is 0.421. The van der Waals surface area contributed by atoms with E-state index in [0.717, 1.165) is 23.5 Å². The summed E-state index contributed by atoms with van der Waals surface area (Å²) in [6, 6.07) is 7.04. The maximum Gasteiger partial charge on any atom is 0.416 e. The third-order valence-electron chi connectivity index (χ3n) is 3.99. The third-order valence-corrected chi connectivity index (χ3v) is 4.84. The average molecular weight is 397 g/mol. The van der Waals surface area contributed by atoms with Crippen molar-refractivity contribution in [3.8, 4) is 0 Å². The summed E-state index contributed by atoms with van der Waals surface area (Å²) in [7, 11) is 0. The number of alkyl halides is 3. The van der Waals surface area contributed by atoms with Crippen LogP contribution in [0.2, 0.25) is 0 Å². The quantitative estimate of drug-likeness (QED) is 0.583. The van der Waals surface area contributed by atoms with Crippen LogP contribution in [0.25, 0.3) is 0 Å². The van der Waals surface area contributed by atoms with E-state index < -0.39 is 17.2 Å². The summed E-state index contributed by atoms with van der Waals surface area (Å²) in [5.41, 5.74) is 0.842. The molecule has 0 atom stereocenters. The van der Waals surface area contributed by atoms with Crippen molar-refractivity contribution >= 4 is 17.7 Å². The second kappa shape index (κ2) is 8.29. The number of hydrogen-bond acceptors (Lipinski definition) is 4. The molecule has 0 radical (unpaired) electrons. The Balaban J connectivity index is 1.95. The van der Waals surface area contributed by atoms with Crippen molar-refractivity contribution in [3.63, 3.8) is 0 Å². The van der Waals surface area contributed by atoms with Crippen LogP contribution >= 0.6 is 11.8 Å². The number of nitrogens with zero attached hydrogens (tertiary/aromatic N) is 2. The van der Waals surface area contributed by atoms with Crippen LogP contribution in [-0.2, 0) is 16.4 Å². The molecular weight excluding hydrogens is 375 g/mol. The Hall–Kier alpha value is -2.09. The second-order valence-corrected chi connectivity index (χ2v) is 7.90. The van der Waals surface area contributed by atoms with Gasteiger partial charge in [-0.3, -0.25) is 4.79 Å². The van der Waals surface area contributed by atoms with E-state index in [4.69, 9.17) is 0 Å². The van der Waals surface area contributed by atoms with Crippen molar-refractivity contribution in [3.05, 3.63) is 52.8 Å². The van der Waals surface area contributed by atoms with Gasteiger partial charge in [0.1, 0.15) is 0 Å². The monoisotopic (exact) mass is 397 g/mol. The molecular formula is C19H22F3N3OS.